The van der Waals surface area contributed by atoms with Gasteiger partial charge in [0.25, 0.3) is 0 Å². The fraction of sp³-hybridized carbons (Fsp3) is 0.692. The van der Waals surface area contributed by atoms with Crippen molar-refractivity contribution in [2.45, 2.75) is 52.0 Å². The number of aryl methyl sites for hydroxylation is 1. The molecule has 0 unspecified atom stereocenters. The van der Waals surface area contributed by atoms with Gasteiger partial charge in [-0.1, -0.05) is 19.3 Å². The zero-order valence-electron chi connectivity index (χ0n) is 11.0. The van der Waals surface area contributed by atoms with Crippen LogP contribution in [0.5, 0.6) is 0 Å². The molecule has 0 amide bonds. The van der Waals surface area contributed by atoms with Crippen LogP contribution in [0.3, 0.4) is 0 Å². The van der Waals surface area contributed by atoms with E-state index in [9.17, 15) is 4.79 Å². The number of rotatable bonds is 4. The molecule has 1 fully saturated rings. The van der Waals surface area contributed by atoms with E-state index in [0.29, 0.717) is 18.3 Å². The maximum absolute atomic E-state index is 11.7. The molecule has 0 radical (unpaired) electrons. The van der Waals surface area contributed by atoms with Crippen LogP contribution in [0, 0.1) is 6.92 Å². The lowest BCUT2D eigenvalue weighted by atomic mass is 9.96. The summed E-state index contributed by atoms with van der Waals surface area (Å²) in [4.78, 5) is 16.9. The molecule has 0 saturated heterocycles. The predicted octanol–water partition coefficient (Wildman–Crippen LogP) is 3.37. The Morgan fingerprint density at radius 1 is 1.44 bits per heavy atom. The average Bonchev–Trinajstić information content (AvgIpc) is 2.72. The molecule has 1 aliphatic carbocycles. The minimum atomic E-state index is -0.317. The van der Waals surface area contributed by atoms with E-state index in [4.69, 9.17) is 4.74 Å². The lowest BCUT2D eigenvalue weighted by molar-refractivity contribution is 0.0519. The Balaban J connectivity index is 2.01. The fourth-order valence-electron chi connectivity index (χ4n) is 2.27. The summed E-state index contributed by atoms with van der Waals surface area (Å²) in [7, 11) is 0. The molecular formula is C13H20N2O2S. The third-order valence-corrected chi connectivity index (χ3v) is 4.10. The van der Waals surface area contributed by atoms with E-state index in [1.807, 2.05) is 6.92 Å². The highest BCUT2D eigenvalue weighted by Crippen LogP contribution is 2.26. The second-order valence-corrected chi connectivity index (χ2v) is 5.83. The largest absolute Gasteiger partial charge is 0.461 e. The molecule has 0 atom stereocenters. The van der Waals surface area contributed by atoms with Crippen LogP contribution in [0.25, 0.3) is 0 Å². The molecule has 0 aliphatic heterocycles. The van der Waals surface area contributed by atoms with Crippen LogP contribution >= 0.6 is 11.3 Å². The van der Waals surface area contributed by atoms with Crippen molar-refractivity contribution < 1.29 is 9.53 Å². The molecule has 1 N–H and O–H groups in total. The van der Waals surface area contributed by atoms with Gasteiger partial charge in [0.2, 0.25) is 0 Å². The summed E-state index contributed by atoms with van der Waals surface area (Å²) in [6.07, 6.45) is 6.31. The SMILES string of the molecule is CCOC(=O)c1nc(NC2CCCCC2)sc1C. The Bertz CT molecular complexity index is 411. The van der Waals surface area contributed by atoms with Crippen LogP contribution in [0.15, 0.2) is 0 Å². The van der Waals surface area contributed by atoms with E-state index < -0.39 is 0 Å². The van der Waals surface area contributed by atoms with Crippen molar-refractivity contribution in [3.8, 4) is 0 Å². The average molecular weight is 268 g/mol. The standard InChI is InChI=1S/C13H20N2O2S/c1-3-17-12(16)11-9(2)18-13(15-11)14-10-7-5-4-6-8-10/h10H,3-8H2,1-2H3,(H,14,15). The van der Waals surface area contributed by atoms with E-state index in [2.05, 4.69) is 10.3 Å². The molecule has 5 heteroatoms. The summed E-state index contributed by atoms with van der Waals surface area (Å²) in [5.74, 6) is -0.317. The van der Waals surface area contributed by atoms with E-state index in [0.717, 1.165) is 10.0 Å². The first kappa shape index (κ1) is 13.3. The van der Waals surface area contributed by atoms with Gasteiger partial charge in [0.1, 0.15) is 0 Å². The van der Waals surface area contributed by atoms with Crippen LogP contribution in [-0.2, 0) is 4.74 Å². The number of hydrogen-bond donors (Lipinski definition) is 1. The van der Waals surface area contributed by atoms with Gasteiger partial charge in [0, 0.05) is 10.9 Å². The molecular weight excluding hydrogens is 248 g/mol. The molecule has 100 valence electrons. The molecule has 1 aromatic rings. The first-order valence-corrected chi connectivity index (χ1v) is 7.43. The topological polar surface area (TPSA) is 51.2 Å². The Morgan fingerprint density at radius 2 is 2.17 bits per heavy atom. The lowest BCUT2D eigenvalue weighted by Gasteiger charge is -2.22. The molecule has 18 heavy (non-hydrogen) atoms. The highest BCUT2D eigenvalue weighted by Gasteiger charge is 2.19. The Morgan fingerprint density at radius 3 is 2.83 bits per heavy atom. The number of thiazole rings is 1. The van der Waals surface area contributed by atoms with E-state index >= 15 is 0 Å². The third kappa shape index (κ3) is 3.22. The van der Waals surface area contributed by atoms with Gasteiger partial charge in [0.15, 0.2) is 10.8 Å². The molecule has 0 aromatic carbocycles. The van der Waals surface area contributed by atoms with Gasteiger partial charge in [-0.2, -0.15) is 0 Å². The lowest BCUT2D eigenvalue weighted by Crippen LogP contribution is -2.22. The number of carbonyl (C=O) groups excluding carboxylic acids is 1. The van der Waals surface area contributed by atoms with Gasteiger partial charge in [0.05, 0.1) is 6.61 Å². The summed E-state index contributed by atoms with van der Waals surface area (Å²) >= 11 is 1.54. The molecule has 1 saturated carbocycles. The molecule has 0 spiro atoms. The summed E-state index contributed by atoms with van der Waals surface area (Å²) in [5.41, 5.74) is 0.458. The van der Waals surface area contributed by atoms with Crippen LogP contribution in [0.4, 0.5) is 5.13 Å². The number of esters is 1. The van der Waals surface area contributed by atoms with E-state index in [1.165, 1.54) is 43.4 Å². The maximum Gasteiger partial charge on any atom is 0.358 e. The molecule has 1 heterocycles. The highest BCUT2D eigenvalue weighted by atomic mass is 32.1. The minimum absolute atomic E-state index is 0.317. The first-order chi connectivity index (χ1) is 8.70. The van der Waals surface area contributed by atoms with Gasteiger partial charge in [-0.25, -0.2) is 9.78 Å². The molecule has 2 rings (SSSR count). The van der Waals surface area contributed by atoms with Crippen LogP contribution < -0.4 is 5.32 Å². The number of aromatic nitrogens is 1. The zero-order valence-corrected chi connectivity index (χ0v) is 11.8. The number of carbonyl (C=O) groups is 1. The second kappa shape index (κ2) is 6.18. The van der Waals surface area contributed by atoms with Crippen LogP contribution in [0.1, 0.15) is 54.4 Å². The van der Waals surface area contributed by atoms with E-state index in [1.54, 1.807) is 6.92 Å². The molecule has 1 aromatic heterocycles. The molecule has 4 nitrogen and oxygen atoms in total. The van der Waals surface area contributed by atoms with Crippen LogP contribution in [-0.4, -0.2) is 23.6 Å². The monoisotopic (exact) mass is 268 g/mol. The van der Waals surface area contributed by atoms with Crippen molar-refractivity contribution in [3.05, 3.63) is 10.6 Å². The van der Waals surface area contributed by atoms with Crippen molar-refractivity contribution in [2.75, 3.05) is 11.9 Å². The summed E-state index contributed by atoms with van der Waals surface area (Å²) in [6, 6.07) is 0.513. The normalized spacial score (nSPS) is 16.6. The van der Waals surface area contributed by atoms with Gasteiger partial charge < -0.3 is 10.1 Å². The smallest absolute Gasteiger partial charge is 0.358 e. The van der Waals surface area contributed by atoms with Crippen molar-refractivity contribution in [1.29, 1.82) is 0 Å². The quantitative estimate of drug-likeness (QED) is 0.851. The highest BCUT2D eigenvalue weighted by molar-refractivity contribution is 7.15. The summed E-state index contributed by atoms with van der Waals surface area (Å²) < 4.78 is 4.99. The van der Waals surface area contributed by atoms with Gasteiger partial charge in [-0.05, 0) is 26.7 Å². The Labute approximate surface area is 112 Å². The van der Waals surface area contributed by atoms with Crippen molar-refractivity contribution >= 4 is 22.4 Å². The summed E-state index contributed by atoms with van der Waals surface area (Å²) in [6.45, 7) is 4.11. The van der Waals surface area contributed by atoms with Crippen molar-refractivity contribution in [1.82, 2.24) is 4.98 Å². The van der Waals surface area contributed by atoms with Crippen LogP contribution in [0.2, 0.25) is 0 Å². The fourth-order valence-corrected chi connectivity index (χ4v) is 3.15. The summed E-state index contributed by atoms with van der Waals surface area (Å²) in [5, 5.41) is 4.29. The molecule has 0 bridgehead atoms. The van der Waals surface area contributed by atoms with Gasteiger partial charge in [-0.15, -0.1) is 11.3 Å². The van der Waals surface area contributed by atoms with Crippen molar-refractivity contribution in [2.24, 2.45) is 0 Å². The van der Waals surface area contributed by atoms with Crippen molar-refractivity contribution in [3.63, 3.8) is 0 Å². The van der Waals surface area contributed by atoms with Gasteiger partial charge >= 0.3 is 5.97 Å². The zero-order chi connectivity index (χ0) is 13.0. The number of ether oxygens (including phenoxy) is 1. The number of anilines is 1. The molecule has 1 aliphatic rings. The number of hydrogen-bond acceptors (Lipinski definition) is 5. The minimum Gasteiger partial charge on any atom is -0.461 e. The predicted molar refractivity (Wildman–Crippen MR) is 73.3 cm³/mol. The second-order valence-electron chi connectivity index (χ2n) is 4.62. The number of nitrogens with one attached hydrogen (secondary N) is 1. The Kier molecular flexibility index (Phi) is 4.58. The number of nitrogens with zero attached hydrogens (tertiary/aromatic N) is 1. The first-order valence-electron chi connectivity index (χ1n) is 6.61. The van der Waals surface area contributed by atoms with Gasteiger partial charge in [-0.3, -0.25) is 0 Å². The maximum atomic E-state index is 11.7. The van der Waals surface area contributed by atoms with E-state index in [-0.39, 0.29) is 5.97 Å². The third-order valence-electron chi connectivity index (χ3n) is 3.20. The Hall–Kier alpha value is -1.10.